The molecular formula is C30H39NO. The van der Waals surface area contributed by atoms with E-state index in [4.69, 9.17) is 10.5 Å². The first kappa shape index (κ1) is 24.1. The molecule has 2 N–H and O–H groups in total. The molecule has 2 heteroatoms. The zero-order chi connectivity index (χ0) is 24.0. The quantitative estimate of drug-likeness (QED) is 0.423. The topological polar surface area (TPSA) is 35.2 Å². The maximum atomic E-state index is 6.85. The Kier molecular flexibility index (Phi) is 6.58. The lowest BCUT2D eigenvalue weighted by Crippen LogP contribution is -2.22. The normalized spacial score (nSPS) is 12.8. The lowest BCUT2D eigenvalue weighted by Gasteiger charge is -2.31. The predicted molar refractivity (Wildman–Crippen MR) is 139 cm³/mol. The fourth-order valence-corrected chi connectivity index (χ4v) is 4.68. The molecule has 0 saturated carbocycles. The molecule has 3 aromatic rings. The Hall–Kier alpha value is -2.58. The monoisotopic (exact) mass is 429 g/mol. The molecule has 0 amide bonds. The van der Waals surface area contributed by atoms with E-state index in [0.717, 1.165) is 16.8 Å². The van der Waals surface area contributed by atoms with Gasteiger partial charge in [0, 0.05) is 11.3 Å². The molecular weight excluding hydrogens is 390 g/mol. The van der Waals surface area contributed by atoms with Gasteiger partial charge in [-0.3, -0.25) is 0 Å². The molecule has 0 aromatic heterocycles. The summed E-state index contributed by atoms with van der Waals surface area (Å²) in [4.78, 5) is 0. The fraction of sp³-hybridized carbons (Fsp3) is 0.400. The highest BCUT2D eigenvalue weighted by molar-refractivity contribution is 5.91. The number of hydrogen-bond acceptors (Lipinski definition) is 2. The van der Waals surface area contributed by atoms with E-state index in [1.54, 1.807) is 0 Å². The summed E-state index contributed by atoms with van der Waals surface area (Å²) in [5.74, 6) is 0. The van der Waals surface area contributed by atoms with Crippen LogP contribution in [0.25, 0.3) is 22.3 Å². The summed E-state index contributed by atoms with van der Waals surface area (Å²) in [5.41, 5.74) is 20.9. The summed E-state index contributed by atoms with van der Waals surface area (Å²) in [6.07, 6.45) is -0.0820. The van der Waals surface area contributed by atoms with Crippen LogP contribution in [-0.2, 0) is 4.74 Å². The van der Waals surface area contributed by atoms with Crippen molar-refractivity contribution >= 4 is 5.69 Å². The minimum atomic E-state index is -0.248. The van der Waals surface area contributed by atoms with E-state index < -0.39 is 0 Å². The Morgan fingerprint density at radius 3 is 1.59 bits per heavy atom. The molecule has 170 valence electrons. The van der Waals surface area contributed by atoms with E-state index in [9.17, 15) is 0 Å². The molecule has 0 aliphatic heterocycles. The van der Waals surface area contributed by atoms with Gasteiger partial charge in [0.25, 0.3) is 0 Å². The number of aryl methyl sites for hydroxylation is 4. The van der Waals surface area contributed by atoms with Gasteiger partial charge in [-0.05, 0) is 125 Å². The molecule has 2 nitrogen and oxygen atoms in total. The second-order valence-electron chi connectivity index (χ2n) is 10.3. The van der Waals surface area contributed by atoms with Crippen LogP contribution in [0.5, 0.6) is 0 Å². The average Bonchev–Trinajstić information content (AvgIpc) is 2.68. The van der Waals surface area contributed by atoms with Gasteiger partial charge in [-0.25, -0.2) is 0 Å². The molecule has 1 atom stereocenters. The highest BCUT2D eigenvalue weighted by Crippen LogP contribution is 2.45. The summed E-state index contributed by atoms with van der Waals surface area (Å²) in [6.45, 7) is 21.5. The zero-order valence-corrected chi connectivity index (χ0v) is 21.5. The summed E-state index contributed by atoms with van der Waals surface area (Å²) in [6, 6.07) is 13.4. The SMILES string of the molecule is Cc1ccc(-c2c(C)c(-c3ccc(C)c(C)c3)c(C(C)OC(C)(C)C)c(C)c2N)cc1C. The third-order valence-corrected chi connectivity index (χ3v) is 6.62. The van der Waals surface area contributed by atoms with Gasteiger partial charge < -0.3 is 10.5 Å². The highest BCUT2D eigenvalue weighted by atomic mass is 16.5. The first-order valence-corrected chi connectivity index (χ1v) is 11.6. The molecule has 0 bridgehead atoms. The minimum absolute atomic E-state index is 0.0820. The van der Waals surface area contributed by atoms with Crippen LogP contribution in [0.2, 0.25) is 0 Å². The van der Waals surface area contributed by atoms with Crippen molar-refractivity contribution in [1.29, 1.82) is 0 Å². The Labute approximate surface area is 194 Å². The summed E-state index contributed by atoms with van der Waals surface area (Å²) in [5, 5.41) is 0. The molecule has 0 aliphatic carbocycles. The van der Waals surface area contributed by atoms with E-state index in [1.807, 2.05) is 0 Å². The van der Waals surface area contributed by atoms with Crippen molar-refractivity contribution in [1.82, 2.24) is 0 Å². The van der Waals surface area contributed by atoms with Crippen molar-refractivity contribution in [3.63, 3.8) is 0 Å². The van der Waals surface area contributed by atoms with Crippen molar-refractivity contribution in [2.45, 2.75) is 80.9 Å². The number of nitrogens with two attached hydrogens (primary N) is 1. The van der Waals surface area contributed by atoms with Crippen molar-refractivity contribution in [2.75, 3.05) is 5.73 Å². The van der Waals surface area contributed by atoms with Gasteiger partial charge in [0.15, 0.2) is 0 Å². The number of nitrogen functional groups attached to an aromatic ring is 1. The van der Waals surface area contributed by atoms with Gasteiger partial charge in [0.1, 0.15) is 0 Å². The van der Waals surface area contributed by atoms with Gasteiger partial charge in [0.2, 0.25) is 0 Å². The van der Waals surface area contributed by atoms with E-state index >= 15 is 0 Å². The standard InChI is InChI=1S/C30H39NO/c1-17-11-13-24(15-19(17)3)27-21(5)28(25-14-12-18(2)20(4)16-25)29(31)22(6)26(27)23(7)32-30(8,9)10/h11-16,23H,31H2,1-10H3. The van der Waals surface area contributed by atoms with Gasteiger partial charge in [-0.1, -0.05) is 36.4 Å². The molecule has 0 fully saturated rings. The maximum absolute atomic E-state index is 6.85. The first-order chi connectivity index (χ1) is 14.8. The Morgan fingerprint density at radius 1 is 0.688 bits per heavy atom. The molecule has 3 aromatic carbocycles. The van der Waals surface area contributed by atoms with Crippen molar-refractivity contribution in [3.8, 4) is 22.3 Å². The number of anilines is 1. The molecule has 32 heavy (non-hydrogen) atoms. The summed E-state index contributed by atoms with van der Waals surface area (Å²) >= 11 is 0. The van der Waals surface area contributed by atoms with Crippen LogP contribution in [0.3, 0.4) is 0 Å². The largest absolute Gasteiger partial charge is 0.398 e. The number of benzene rings is 3. The molecule has 0 aliphatic rings. The van der Waals surface area contributed by atoms with E-state index in [2.05, 4.69) is 106 Å². The smallest absolute Gasteiger partial charge is 0.0813 e. The first-order valence-electron chi connectivity index (χ1n) is 11.6. The van der Waals surface area contributed by atoms with Crippen LogP contribution in [0, 0.1) is 41.5 Å². The van der Waals surface area contributed by atoms with Crippen molar-refractivity contribution < 1.29 is 4.74 Å². The predicted octanol–water partition coefficient (Wildman–Crippen LogP) is 8.33. The number of hydrogen-bond donors (Lipinski definition) is 1. The third-order valence-electron chi connectivity index (χ3n) is 6.62. The third kappa shape index (κ3) is 4.61. The van der Waals surface area contributed by atoms with Gasteiger partial charge in [-0.15, -0.1) is 0 Å². The molecule has 3 rings (SSSR count). The van der Waals surface area contributed by atoms with E-state index in [-0.39, 0.29) is 11.7 Å². The Balaban J connectivity index is 2.39. The lowest BCUT2D eigenvalue weighted by atomic mass is 9.82. The minimum Gasteiger partial charge on any atom is -0.398 e. The van der Waals surface area contributed by atoms with Crippen LogP contribution in [0.1, 0.15) is 72.7 Å². The average molecular weight is 430 g/mol. The molecule has 0 spiro atoms. The van der Waals surface area contributed by atoms with Crippen LogP contribution >= 0.6 is 0 Å². The van der Waals surface area contributed by atoms with Crippen LogP contribution < -0.4 is 5.73 Å². The van der Waals surface area contributed by atoms with Crippen LogP contribution in [-0.4, -0.2) is 5.60 Å². The van der Waals surface area contributed by atoms with E-state index in [0.29, 0.717) is 0 Å². The van der Waals surface area contributed by atoms with Crippen LogP contribution in [0.4, 0.5) is 5.69 Å². The molecule has 0 heterocycles. The number of ether oxygens (including phenoxy) is 1. The summed E-state index contributed by atoms with van der Waals surface area (Å²) in [7, 11) is 0. The van der Waals surface area contributed by atoms with Crippen molar-refractivity contribution in [3.05, 3.63) is 75.3 Å². The fourth-order valence-electron chi connectivity index (χ4n) is 4.68. The van der Waals surface area contributed by atoms with Crippen molar-refractivity contribution in [2.24, 2.45) is 0 Å². The Morgan fingerprint density at radius 2 is 1.16 bits per heavy atom. The lowest BCUT2D eigenvalue weighted by molar-refractivity contribution is -0.0529. The molecule has 1 unspecified atom stereocenters. The van der Waals surface area contributed by atoms with Crippen LogP contribution in [0.15, 0.2) is 36.4 Å². The second kappa shape index (κ2) is 8.75. The molecule has 0 saturated heterocycles. The number of rotatable bonds is 4. The van der Waals surface area contributed by atoms with E-state index in [1.165, 1.54) is 50.1 Å². The maximum Gasteiger partial charge on any atom is 0.0813 e. The van der Waals surface area contributed by atoms with Gasteiger partial charge in [-0.2, -0.15) is 0 Å². The summed E-state index contributed by atoms with van der Waals surface area (Å²) < 4.78 is 6.46. The molecule has 0 radical (unpaired) electrons. The van der Waals surface area contributed by atoms with Gasteiger partial charge >= 0.3 is 0 Å². The highest BCUT2D eigenvalue weighted by Gasteiger charge is 2.26. The zero-order valence-electron chi connectivity index (χ0n) is 21.5. The van der Waals surface area contributed by atoms with Gasteiger partial charge in [0.05, 0.1) is 11.7 Å². The Bertz CT molecular complexity index is 1160. The second-order valence-corrected chi connectivity index (χ2v) is 10.3.